The first-order valence-electron chi connectivity index (χ1n) is 8.08. The number of hydrogen-bond donors (Lipinski definition) is 1. The summed E-state index contributed by atoms with van der Waals surface area (Å²) in [6.45, 7) is 0.972. The highest BCUT2D eigenvalue weighted by Gasteiger charge is 2.23. The van der Waals surface area contributed by atoms with Gasteiger partial charge in [-0.2, -0.15) is 5.10 Å². The fraction of sp³-hybridized carbons (Fsp3) is 0.158. The van der Waals surface area contributed by atoms with Crippen LogP contribution in [-0.2, 0) is 13.0 Å². The first-order valence-corrected chi connectivity index (χ1v) is 8.08. The van der Waals surface area contributed by atoms with Crippen LogP contribution >= 0.6 is 0 Å². The maximum absolute atomic E-state index is 13.3. The molecule has 0 aliphatic carbocycles. The van der Waals surface area contributed by atoms with E-state index in [9.17, 15) is 4.39 Å². The molecular weight excluding hydrogens is 303 g/mol. The molecular formula is C19H15FN4. The number of fused-ring (bicyclic) bond motifs is 2. The van der Waals surface area contributed by atoms with Gasteiger partial charge in [0.15, 0.2) is 0 Å². The van der Waals surface area contributed by atoms with Gasteiger partial charge in [0.25, 0.3) is 0 Å². The summed E-state index contributed by atoms with van der Waals surface area (Å²) < 4.78 is 15.6. The van der Waals surface area contributed by atoms with Gasteiger partial charge in [-0.15, -0.1) is 0 Å². The van der Waals surface area contributed by atoms with E-state index >= 15 is 0 Å². The molecule has 3 heterocycles. The third-order valence-electron chi connectivity index (χ3n) is 4.66. The average Bonchev–Trinajstić information content (AvgIpc) is 3.29. The highest BCUT2D eigenvalue weighted by molar-refractivity contribution is 5.87. The van der Waals surface area contributed by atoms with Crippen molar-refractivity contribution < 1.29 is 4.39 Å². The summed E-state index contributed by atoms with van der Waals surface area (Å²) >= 11 is 0. The van der Waals surface area contributed by atoms with Crippen molar-refractivity contribution in [2.45, 2.75) is 19.4 Å². The fourth-order valence-corrected chi connectivity index (χ4v) is 3.51. The van der Waals surface area contributed by atoms with Gasteiger partial charge >= 0.3 is 0 Å². The summed E-state index contributed by atoms with van der Waals surface area (Å²) in [7, 11) is 0. The van der Waals surface area contributed by atoms with Crippen molar-refractivity contribution in [3.63, 3.8) is 0 Å². The Kier molecular flexibility index (Phi) is 2.82. The predicted molar refractivity (Wildman–Crippen MR) is 91.0 cm³/mol. The molecule has 118 valence electrons. The van der Waals surface area contributed by atoms with Gasteiger partial charge < -0.3 is 4.57 Å². The molecule has 2 aromatic heterocycles. The second-order valence-corrected chi connectivity index (χ2v) is 6.16. The second-order valence-electron chi connectivity index (χ2n) is 6.16. The second kappa shape index (κ2) is 5.03. The molecule has 0 radical (unpaired) electrons. The maximum Gasteiger partial charge on any atom is 0.123 e. The Labute approximate surface area is 138 Å². The summed E-state index contributed by atoms with van der Waals surface area (Å²) in [4.78, 5) is 4.85. The quantitative estimate of drug-likeness (QED) is 0.603. The molecule has 2 aromatic carbocycles. The minimum absolute atomic E-state index is 0.231. The van der Waals surface area contributed by atoms with Crippen LogP contribution in [0.1, 0.15) is 12.2 Å². The van der Waals surface area contributed by atoms with Crippen LogP contribution in [-0.4, -0.2) is 19.7 Å². The zero-order valence-electron chi connectivity index (χ0n) is 13.0. The van der Waals surface area contributed by atoms with E-state index in [1.54, 1.807) is 12.1 Å². The Morgan fingerprint density at radius 3 is 2.75 bits per heavy atom. The molecule has 0 spiro atoms. The smallest absolute Gasteiger partial charge is 0.123 e. The molecule has 0 fully saturated rings. The minimum atomic E-state index is -0.231. The van der Waals surface area contributed by atoms with E-state index in [2.05, 4.69) is 33.0 Å². The number of rotatable bonds is 2. The molecule has 0 atom stereocenters. The molecule has 0 amide bonds. The summed E-state index contributed by atoms with van der Waals surface area (Å²) in [5.74, 6) is 0.875. The van der Waals surface area contributed by atoms with Crippen LogP contribution in [0, 0.1) is 5.82 Å². The van der Waals surface area contributed by atoms with E-state index in [1.165, 1.54) is 12.1 Å². The van der Waals surface area contributed by atoms with Crippen molar-refractivity contribution >= 4 is 10.9 Å². The maximum atomic E-state index is 13.3. The van der Waals surface area contributed by atoms with E-state index in [4.69, 9.17) is 4.98 Å². The lowest BCUT2D eigenvalue weighted by atomic mass is 10.0. The number of hydrogen-bond acceptors (Lipinski definition) is 2. The number of H-pyrrole nitrogens is 1. The van der Waals surface area contributed by atoms with Gasteiger partial charge in [-0.25, -0.2) is 9.37 Å². The van der Waals surface area contributed by atoms with E-state index < -0.39 is 0 Å². The van der Waals surface area contributed by atoms with Crippen LogP contribution in [0.15, 0.2) is 48.7 Å². The Hall–Kier alpha value is -2.95. The number of nitrogens with one attached hydrogen (secondary N) is 1. The molecule has 4 nitrogen and oxygen atoms in total. The number of aryl methyl sites for hydroxylation is 1. The summed E-state index contributed by atoms with van der Waals surface area (Å²) in [5, 5.41) is 8.21. The standard InChI is InChI=1S/C19H15FN4/c20-15-7-5-12(6-8-15)18-19(24-9-1-2-17(24)22-18)13-3-4-14-11-21-23-16(14)10-13/h3-8,10-11H,1-2,9H2,(H,21,23). The lowest BCUT2D eigenvalue weighted by Gasteiger charge is -2.09. The lowest BCUT2D eigenvalue weighted by Crippen LogP contribution is -1.96. The van der Waals surface area contributed by atoms with Crippen LogP contribution in [0.25, 0.3) is 33.4 Å². The molecule has 1 aliphatic rings. The summed E-state index contributed by atoms with van der Waals surface area (Å²) in [5.41, 5.74) is 5.07. The Bertz CT molecular complexity index is 1040. The van der Waals surface area contributed by atoms with Gasteiger partial charge in [0.1, 0.15) is 11.6 Å². The van der Waals surface area contributed by atoms with Gasteiger partial charge in [-0.05, 0) is 36.8 Å². The number of aromatic nitrogens is 4. The van der Waals surface area contributed by atoms with Crippen LogP contribution in [0.5, 0.6) is 0 Å². The molecule has 24 heavy (non-hydrogen) atoms. The molecule has 1 aliphatic heterocycles. The first kappa shape index (κ1) is 13.5. The predicted octanol–water partition coefficient (Wildman–Crippen LogP) is 4.18. The summed E-state index contributed by atoms with van der Waals surface area (Å²) in [6, 6.07) is 12.9. The fourth-order valence-electron chi connectivity index (χ4n) is 3.51. The lowest BCUT2D eigenvalue weighted by molar-refractivity contribution is 0.628. The number of halogens is 1. The molecule has 0 unspecified atom stereocenters. The van der Waals surface area contributed by atoms with Crippen LogP contribution < -0.4 is 0 Å². The summed E-state index contributed by atoms with van der Waals surface area (Å²) in [6.07, 6.45) is 3.92. The van der Waals surface area contributed by atoms with Crippen molar-refractivity contribution in [3.8, 4) is 22.5 Å². The zero-order chi connectivity index (χ0) is 16.1. The van der Waals surface area contributed by atoms with Crippen molar-refractivity contribution in [2.75, 3.05) is 0 Å². The number of aromatic amines is 1. The molecule has 0 bridgehead atoms. The van der Waals surface area contributed by atoms with Crippen LogP contribution in [0.3, 0.4) is 0 Å². The van der Waals surface area contributed by atoms with Gasteiger partial charge in [0, 0.05) is 29.5 Å². The van der Waals surface area contributed by atoms with E-state index in [0.29, 0.717) is 0 Å². The largest absolute Gasteiger partial charge is 0.327 e. The zero-order valence-corrected chi connectivity index (χ0v) is 13.0. The third kappa shape index (κ3) is 1.98. The average molecular weight is 318 g/mol. The number of imidazole rings is 1. The molecule has 1 N–H and O–H groups in total. The Morgan fingerprint density at radius 1 is 1.04 bits per heavy atom. The first-order chi connectivity index (χ1) is 11.8. The Balaban J connectivity index is 1.75. The van der Waals surface area contributed by atoms with Crippen LogP contribution in [0.2, 0.25) is 0 Å². The van der Waals surface area contributed by atoms with E-state index in [-0.39, 0.29) is 5.82 Å². The van der Waals surface area contributed by atoms with Gasteiger partial charge in [0.2, 0.25) is 0 Å². The van der Waals surface area contributed by atoms with Crippen molar-refractivity contribution in [1.29, 1.82) is 0 Å². The van der Waals surface area contributed by atoms with Crippen molar-refractivity contribution in [2.24, 2.45) is 0 Å². The number of nitrogens with zero attached hydrogens (tertiary/aromatic N) is 3. The van der Waals surface area contributed by atoms with Gasteiger partial charge in [0.05, 0.1) is 23.1 Å². The van der Waals surface area contributed by atoms with Crippen molar-refractivity contribution in [1.82, 2.24) is 19.7 Å². The normalized spacial score (nSPS) is 13.5. The SMILES string of the molecule is Fc1ccc(-c2nc3n(c2-c2ccc4cn[nH]c4c2)CCC3)cc1. The monoisotopic (exact) mass is 318 g/mol. The Morgan fingerprint density at radius 2 is 1.88 bits per heavy atom. The third-order valence-corrected chi connectivity index (χ3v) is 4.66. The molecule has 4 aromatic rings. The molecule has 0 saturated carbocycles. The molecule has 5 heteroatoms. The number of benzene rings is 2. The molecule has 0 saturated heterocycles. The topological polar surface area (TPSA) is 46.5 Å². The molecule has 5 rings (SSSR count). The highest BCUT2D eigenvalue weighted by atomic mass is 19.1. The van der Waals surface area contributed by atoms with Crippen molar-refractivity contribution in [3.05, 3.63) is 60.3 Å². The van der Waals surface area contributed by atoms with E-state index in [0.717, 1.165) is 58.6 Å². The minimum Gasteiger partial charge on any atom is -0.327 e. The van der Waals surface area contributed by atoms with E-state index in [1.807, 2.05) is 6.20 Å². The van der Waals surface area contributed by atoms with Crippen LogP contribution in [0.4, 0.5) is 4.39 Å². The van der Waals surface area contributed by atoms with Gasteiger partial charge in [-0.1, -0.05) is 12.1 Å². The van der Waals surface area contributed by atoms with Gasteiger partial charge in [-0.3, -0.25) is 5.10 Å². The highest BCUT2D eigenvalue weighted by Crippen LogP contribution is 2.36.